The highest BCUT2D eigenvalue weighted by Gasteiger charge is 2.13. The molecular weight excluding hydrogens is 265 g/mol. The Morgan fingerprint density at radius 1 is 1.50 bits per heavy atom. The van der Waals surface area contributed by atoms with Gasteiger partial charge in [-0.15, -0.1) is 0 Å². The van der Waals surface area contributed by atoms with Crippen molar-refractivity contribution in [1.82, 2.24) is 9.97 Å². The van der Waals surface area contributed by atoms with E-state index in [4.69, 9.17) is 10.8 Å². The van der Waals surface area contributed by atoms with E-state index in [9.17, 15) is 14.0 Å². The van der Waals surface area contributed by atoms with Crippen LogP contribution in [0.1, 0.15) is 11.1 Å². The van der Waals surface area contributed by atoms with Crippen LogP contribution in [0.15, 0.2) is 23.0 Å². The number of halogens is 1. The number of hydrogen-bond acceptors (Lipinski definition) is 4. The number of aromatic nitrogens is 2. The van der Waals surface area contributed by atoms with E-state index in [1.54, 1.807) is 6.92 Å². The molecule has 0 spiro atoms. The molecule has 2 aromatic rings. The van der Waals surface area contributed by atoms with Crippen molar-refractivity contribution in [1.29, 1.82) is 0 Å². The van der Waals surface area contributed by atoms with Gasteiger partial charge in [-0.25, -0.2) is 9.37 Å². The lowest BCUT2D eigenvalue weighted by Crippen LogP contribution is -2.21. The summed E-state index contributed by atoms with van der Waals surface area (Å²) in [6.45, 7) is 1.58. The van der Waals surface area contributed by atoms with E-state index in [1.165, 1.54) is 18.2 Å². The first kappa shape index (κ1) is 13.7. The monoisotopic (exact) mass is 277 g/mol. The highest BCUT2D eigenvalue weighted by atomic mass is 19.1. The fourth-order valence-corrected chi connectivity index (χ4v) is 1.77. The van der Waals surface area contributed by atoms with Crippen LogP contribution in [-0.4, -0.2) is 21.0 Å². The van der Waals surface area contributed by atoms with Gasteiger partial charge < -0.3 is 15.8 Å². The minimum atomic E-state index is -1.17. The van der Waals surface area contributed by atoms with Gasteiger partial charge in [0, 0.05) is 5.56 Å². The minimum Gasteiger partial charge on any atom is -0.481 e. The number of aryl methyl sites for hydroxylation is 1. The molecular formula is C13H12FN3O3. The molecule has 0 atom stereocenters. The Hall–Kier alpha value is -2.70. The first-order valence-electron chi connectivity index (χ1n) is 5.75. The van der Waals surface area contributed by atoms with E-state index in [0.717, 1.165) is 0 Å². The van der Waals surface area contributed by atoms with Crippen molar-refractivity contribution >= 4 is 11.8 Å². The maximum Gasteiger partial charge on any atom is 0.308 e. The predicted molar refractivity (Wildman–Crippen MR) is 70.7 cm³/mol. The molecule has 0 radical (unpaired) electrons. The van der Waals surface area contributed by atoms with Crippen molar-refractivity contribution in [3.63, 3.8) is 0 Å². The second-order valence-electron chi connectivity index (χ2n) is 4.31. The number of hydrogen-bond donors (Lipinski definition) is 3. The Kier molecular flexibility index (Phi) is 3.51. The van der Waals surface area contributed by atoms with Crippen LogP contribution in [0.4, 0.5) is 10.2 Å². The number of nitrogens with one attached hydrogen (secondary N) is 1. The number of anilines is 1. The summed E-state index contributed by atoms with van der Waals surface area (Å²) in [5.74, 6) is -1.51. The van der Waals surface area contributed by atoms with Gasteiger partial charge in [-0.3, -0.25) is 9.59 Å². The standard InChI is InChI=1S/C13H12FN3O3/c1-6-4-7(2-3-9(6)14)12-16-11(15)8(5-10(18)19)13(20)17-12/h2-4H,5H2,1H3,(H,18,19)(H3,15,16,17,20). The van der Waals surface area contributed by atoms with Gasteiger partial charge in [0.25, 0.3) is 5.56 Å². The number of carbonyl (C=O) groups is 1. The summed E-state index contributed by atoms with van der Waals surface area (Å²) in [5.41, 5.74) is 5.79. The number of benzene rings is 1. The molecule has 1 heterocycles. The van der Waals surface area contributed by atoms with Crippen molar-refractivity contribution in [2.75, 3.05) is 5.73 Å². The van der Waals surface area contributed by atoms with Gasteiger partial charge in [0.05, 0.1) is 12.0 Å². The van der Waals surface area contributed by atoms with E-state index in [2.05, 4.69) is 9.97 Å². The second kappa shape index (κ2) is 5.12. The third-order valence-corrected chi connectivity index (χ3v) is 2.81. The van der Waals surface area contributed by atoms with Crippen molar-refractivity contribution < 1.29 is 14.3 Å². The molecule has 2 rings (SSSR count). The van der Waals surface area contributed by atoms with E-state index >= 15 is 0 Å². The van der Waals surface area contributed by atoms with Gasteiger partial charge in [-0.2, -0.15) is 0 Å². The molecule has 0 bridgehead atoms. The van der Waals surface area contributed by atoms with Gasteiger partial charge in [0.15, 0.2) is 0 Å². The van der Waals surface area contributed by atoms with Gasteiger partial charge in [-0.1, -0.05) is 0 Å². The Balaban J connectivity index is 2.52. The van der Waals surface area contributed by atoms with Crippen LogP contribution in [-0.2, 0) is 11.2 Å². The van der Waals surface area contributed by atoms with Crippen LogP contribution < -0.4 is 11.3 Å². The van der Waals surface area contributed by atoms with Crippen molar-refractivity contribution in [2.45, 2.75) is 13.3 Å². The molecule has 6 nitrogen and oxygen atoms in total. The fraction of sp³-hybridized carbons (Fsp3) is 0.154. The smallest absolute Gasteiger partial charge is 0.308 e. The Labute approximate surface area is 113 Å². The minimum absolute atomic E-state index is 0.0971. The summed E-state index contributed by atoms with van der Waals surface area (Å²) < 4.78 is 13.2. The van der Waals surface area contributed by atoms with Crippen LogP contribution in [0.5, 0.6) is 0 Å². The highest BCUT2D eigenvalue weighted by Crippen LogP contribution is 2.19. The average Bonchev–Trinajstić information content (AvgIpc) is 2.36. The SMILES string of the molecule is Cc1cc(-c2nc(N)c(CC(=O)O)c(=O)[nH]2)ccc1F. The van der Waals surface area contributed by atoms with Gasteiger partial charge in [0.1, 0.15) is 17.5 Å². The number of aliphatic carboxylic acids is 1. The lowest BCUT2D eigenvalue weighted by Gasteiger charge is -2.06. The number of rotatable bonds is 3. The summed E-state index contributed by atoms with van der Waals surface area (Å²) in [4.78, 5) is 28.9. The van der Waals surface area contributed by atoms with Crippen LogP contribution in [0.3, 0.4) is 0 Å². The number of aromatic amines is 1. The average molecular weight is 277 g/mol. The zero-order valence-electron chi connectivity index (χ0n) is 10.6. The predicted octanol–water partition coefficient (Wildman–Crippen LogP) is 1.09. The number of carboxylic acid groups (broad SMARTS) is 1. The van der Waals surface area contributed by atoms with Crippen molar-refractivity contribution in [3.05, 3.63) is 45.5 Å². The third-order valence-electron chi connectivity index (χ3n) is 2.81. The maximum absolute atomic E-state index is 13.2. The molecule has 0 aliphatic rings. The van der Waals surface area contributed by atoms with Gasteiger partial charge in [0.2, 0.25) is 0 Å². The van der Waals surface area contributed by atoms with Gasteiger partial charge >= 0.3 is 5.97 Å². The number of carboxylic acids is 1. The molecule has 0 aliphatic heterocycles. The second-order valence-corrected chi connectivity index (χ2v) is 4.31. The lowest BCUT2D eigenvalue weighted by atomic mass is 10.1. The molecule has 0 amide bonds. The number of nitrogen functional groups attached to an aromatic ring is 1. The molecule has 7 heteroatoms. The molecule has 4 N–H and O–H groups in total. The van der Waals surface area contributed by atoms with Crippen LogP contribution in [0.2, 0.25) is 0 Å². The molecule has 0 unspecified atom stereocenters. The van der Waals surface area contributed by atoms with Gasteiger partial charge in [-0.05, 0) is 30.7 Å². The summed E-state index contributed by atoms with van der Waals surface area (Å²) in [5, 5.41) is 8.69. The van der Waals surface area contributed by atoms with Crippen LogP contribution >= 0.6 is 0 Å². The Bertz CT molecular complexity index is 740. The van der Waals surface area contributed by atoms with E-state index < -0.39 is 17.9 Å². The highest BCUT2D eigenvalue weighted by molar-refractivity contribution is 5.72. The van der Waals surface area contributed by atoms with Crippen molar-refractivity contribution in [2.24, 2.45) is 0 Å². The molecule has 0 saturated carbocycles. The van der Waals surface area contributed by atoms with E-state index in [0.29, 0.717) is 11.1 Å². The number of H-pyrrole nitrogens is 1. The number of nitrogens with two attached hydrogens (primary N) is 1. The van der Waals surface area contributed by atoms with Crippen LogP contribution in [0.25, 0.3) is 11.4 Å². The molecule has 1 aromatic heterocycles. The van der Waals surface area contributed by atoms with E-state index in [1.807, 2.05) is 0 Å². The Morgan fingerprint density at radius 2 is 2.20 bits per heavy atom. The summed E-state index contributed by atoms with van der Waals surface area (Å²) in [7, 11) is 0. The quantitative estimate of drug-likeness (QED) is 0.778. The molecule has 0 aliphatic carbocycles. The molecule has 104 valence electrons. The first-order chi connectivity index (χ1) is 9.38. The maximum atomic E-state index is 13.2. The molecule has 20 heavy (non-hydrogen) atoms. The summed E-state index contributed by atoms with van der Waals surface area (Å²) in [6, 6.07) is 4.23. The first-order valence-corrected chi connectivity index (χ1v) is 5.75. The van der Waals surface area contributed by atoms with Crippen molar-refractivity contribution in [3.8, 4) is 11.4 Å². The van der Waals surface area contributed by atoms with E-state index in [-0.39, 0.29) is 23.0 Å². The summed E-state index contributed by atoms with van der Waals surface area (Å²) in [6.07, 6.45) is -0.503. The molecule has 1 aromatic carbocycles. The zero-order valence-corrected chi connectivity index (χ0v) is 10.6. The topological polar surface area (TPSA) is 109 Å². The summed E-state index contributed by atoms with van der Waals surface area (Å²) >= 11 is 0. The lowest BCUT2D eigenvalue weighted by molar-refractivity contribution is -0.136. The largest absolute Gasteiger partial charge is 0.481 e. The van der Waals surface area contributed by atoms with Crippen LogP contribution in [0, 0.1) is 12.7 Å². The molecule has 0 fully saturated rings. The zero-order chi connectivity index (χ0) is 14.9. The number of nitrogens with zero attached hydrogens (tertiary/aromatic N) is 1. The fourth-order valence-electron chi connectivity index (χ4n) is 1.77. The Morgan fingerprint density at radius 3 is 2.75 bits per heavy atom. The molecule has 0 saturated heterocycles. The third kappa shape index (κ3) is 2.66. The normalized spacial score (nSPS) is 10.5.